The molecule has 0 spiro atoms. The maximum atomic E-state index is 12.2. The number of rotatable bonds is 1. The predicted octanol–water partition coefficient (Wildman–Crippen LogP) is 1.00. The minimum Gasteiger partial charge on any atom is -0.368 e. The van der Waals surface area contributed by atoms with Crippen LogP contribution in [0.25, 0.3) is 0 Å². The van der Waals surface area contributed by atoms with E-state index in [1.165, 1.54) is 0 Å². The first-order valence-electron chi connectivity index (χ1n) is 5.80. The lowest BCUT2D eigenvalue weighted by Crippen LogP contribution is -2.23. The van der Waals surface area contributed by atoms with Gasteiger partial charge in [-0.15, -0.1) is 0 Å². The molecule has 0 amide bonds. The van der Waals surface area contributed by atoms with Crippen molar-refractivity contribution in [3.8, 4) is 0 Å². The molecule has 0 bridgehead atoms. The lowest BCUT2D eigenvalue weighted by Gasteiger charge is -2.22. The molecular weight excluding hydrogens is 230 g/mol. The maximum Gasteiger partial charge on any atom is 0.220 e. The largest absolute Gasteiger partial charge is 0.368 e. The molecule has 1 unspecified atom stereocenters. The van der Waals surface area contributed by atoms with Gasteiger partial charge in [0.25, 0.3) is 0 Å². The van der Waals surface area contributed by atoms with E-state index < -0.39 is 0 Å². The number of aryl methyl sites for hydroxylation is 1. The molecule has 0 aliphatic heterocycles. The van der Waals surface area contributed by atoms with Crippen LogP contribution in [0.2, 0.25) is 0 Å². The molecule has 2 aromatic rings. The minimum atomic E-state index is 0.0497. The number of nitrogens with two attached hydrogens (primary N) is 1. The topological polar surface area (TPSA) is 97.6 Å². The summed E-state index contributed by atoms with van der Waals surface area (Å²) in [6.07, 6.45) is 4.56. The second kappa shape index (κ2) is 3.90. The number of aromatic amines is 1. The minimum absolute atomic E-state index is 0.0497. The van der Waals surface area contributed by atoms with Crippen molar-refractivity contribution < 1.29 is 4.79 Å². The highest BCUT2D eigenvalue weighted by Crippen LogP contribution is 2.31. The van der Waals surface area contributed by atoms with Crippen molar-refractivity contribution in [2.45, 2.75) is 25.7 Å². The molecular formula is C12H13N5O. The Morgan fingerprint density at radius 3 is 2.94 bits per heavy atom. The third-order valence-electron chi connectivity index (χ3n) is 3.24. The van der Waals surface area contributed by atoms with Gasteiger partial charge in [-0.2, -0.15) is 0 Å². The molecule has 0 saturated heterocycles. The van der Waals surface area contributed by atoms with Gasteiger partial charge in [0.1, 0.15) is 5.82 Å². The van der Waals surface area contributed by atoms with Crippen molar-refractivity contribution in [1.29, 1.82) is 0 Å². The number of fused-ring (bicyclic) bond motifs is 1. The Kier molecular flexibility index (Phi) is 2.36. The first kappa shape index (κ1) is 10.9. The highest BCUT2D eigenvalue weighted by atomic mass is 16.1. The Morgan fingerprint density at radius 2 is 2.22 bits per heavy atom. The lowest BCUT2D eigenvalue weighted by molar-refractivity contribution is 0.0960. The van der Waals surface area contributed by atoms with Crippen molar-refractivity contribution in [3.05, 3.63) is 35.2 Å². The van der Waals surface area contributed by atoms with Crippen molar-refractivity contribution in [1.82, 2.24) is 19.9 Å². The summed E-state index contributed by atoms with van der Waals surface area (Å²) in [6, 6.07) is 0. The van der Waals surface area contributed by atoms with Gasteiger partial charge in [0, 0.05) is 31.2 Å². The predicted molar refractivity (Wildman–Crippen MR) is 65.2 cm³/mol. The van der Waals surface area contributed by atoms with Crippen LogP contribution in [0, 0.1) is 6.92 Å². The fraction of sp³-hybridized carbons (Fsp3) is 0.333. The van der Waals surface area contributed by atoms with Crippen LogP contribution in [-0.2, 0) is 6.42 Å². The monoisotopic (exact) mass is 243 g/mol. The van der Waals surface area contributed by atoms with Gasteiger partial charge in [-0.05, 0) is 6.92 Å². The molecule has 92 valence electrons. The van der Waals surface area contributed by atoms with Crippen molar-refractivity contribution >= 4 is 11.7 Å². The summed E-state index contributed by atoms with van der Waals surface area (Å²) >= 11 is 0. The van der Waals surface area contributed by atoms with E-state index in [4.69, 9.17) is 5.73 Å². The van der Waals surface area contributed by atoms with E-state index in [9.17, 15) is 4.79 Å². The Morgan fingerprint density at radius 1 is 1.39 bits per heavy atom. The highest BCUT2D eigenvalue weighted by Gasteiger charge is 2.30. The number of nitrogens with one attached hydrogen (secondary N) is 1. The van der Waals surface area contributed by atoms with Gasteiger partial charge in [0.05, 0.1) is 17.0 Å². The number of hydrogen-bond donors (Lipinski definition) is 2. The number of imidazole rings is 1. The van der Waals surface area contributed by atoms with Crippen LogP contribution in [0.1, 0.15) is 39.9 Å². The molecule has 0 fully saturated rings. The number of Topliss-reactive ketones (excluding diaryl/α,β-unsaturated/α-hetero) is 1. The van der Waals surface area contributed by atoms with Crippen molar-refractivity contribution in [2.75, 3.05) is 5.73 Å². The smallest absolute Gasteiger partial charge is 0.220 e. The van der Waals surface area contributed by atoms with E-state index >= 15 is 0 Å². The molecule has 0 aromatic carbocycles. The molecule has 0 radical (unpaired) electrons. The Bertz CT molecular complexity index is 605. The summed E-state index contributed by atoms with van der Waals surface area (Å²) < 4.78 is 0. The first-order valence-corrected chi connectivity index (χ1v) is 5.80. The number of aromatic nitrogens is 4. The maximum absolute atomic E-state index is 12.2. The van der Waals surface area contributed by atoms with Crippen LogP contribution in [0.5, 0.6) is 0 Å². The standard InChI is InChI=1S/C12H13N5O/c1-6-10-8(17-12(13)16-6)4-7(5-9(10)18)11-14-2-3-15-11/h2-3,7H,4-5H2,1H3,(H,14,15)(H2,13,16,17). The average molecular weight is 243 g/mol. The van der Waals surface area contributed by atoms with Crippen molar-refractivity contribution in [2.24, 2.45) is 0 Å². The summed E-state index contributed by atoms with van der Waals surface area (Å²) in [4.78, 5) is 27.7. The summed E-state index contributed by atoms with van der Waals surface area (Å²) in [7, 11) is 0. The number of carbonyl (C=O) groups excluding carboxylic acids is 1. The van der Waals surface area contributed by atoms with Gasteiger partial charge in [-0.1, -0.05) is 0 Å². The van der Waals surface area contributed by atoms with Gasteiger partial charge in [-0.25, -0.2) is 15.0 Å². The SMILES string of the molecule is Cc1nc(N)nc2c1C(=O)CC(c1ncc[nH]1)C2. The number of anilines is 1. The zero-order valence-electron chi connectivity index (χ0n) is 9.97. The summed E-state index contributed by atoms with van der Waals surface area (Å²) in [5.41, 5.74) is 7.67. The zero-order chi connectivity index (χ0) is 12.7. The van der Waals surface area contributed by atoms with Crippen LogP contribution in [-0.4, -0.2) is 25.7 Å². The Balaban J connectivity index is 2.04. The molecule has 1 aliphatic rings. The lowest BCUT2D eigenvalue weighted by atomic mass is 9.85. The third kappa shape index (κ3) is 1.66. The van der Waals surface area contributed by atoms with Crippen LogP contribution in [0.15, 0.2) is 12.4 Å². The van der Waals surface area contributed by atoms with Crippen molar-refractivity contribution in [3.63, 3.8) is 0 Å². The fourth-order valence-electron chi connectivity index (χ4n) is 2.49. The zero-order valence-corrected chi connectivity index (χ0v) is 9.97. The van der Waals surface area contributed by atoms with Gasteiger partial charge in [-0.3, -0.25) is 4.79 Å². The Hall–Kier alpha value is -2.24. The molecule has 0 saturated carbocycles. The van der Waals surface area contributed by atoms with Gasteiger partial charge in [0.15, 0.2) is 5.78 Å². The van der Waals surface area contributed by atoms with E-state index in [1.54, 1.807) is 19.3 Å². The Labute approximate surface area is 104 Å². The first-order chi connectivity index (χ1) is 8.65. The second-order valence-corrected chi connectivity index (χ2v) is 4.49. The van der Waals surface area contributed by atoms with E-state index in [2.05, 4.69) is 19.9 Å². The van der Waals surface area contributed by atoms with Gasteiger partial charge >= 0.3 is 0 Å². The molecule has 6 nitrogen and oxygen atoms in total. The number of ketones is 1. The van der Waals surface area contributed by atoms with Crippen LogP contribution < -0.4 is 5.73 Å². The third-order valence-corrected chi connectivity index (χ3v) is 3.24. The summed E-state index contributed by atoms with van der Waals surface area (Å²) in [5.74, 6) is 1.16. The molecule has 2 heterocycles. The molecule has 1 aliphatic carbocycles. The van der Waals surface area contributed by atoms with E-state index in [1.807, 2.05) is 0 Å². The molecule has 6 heteroatoms. The van der Waals surface area contributed by atoms with Crippen LogP contribution in [0.3, 0.4) is 0 Å². The average Bonchev–Trinajstić information content (AvgIpc) is 2.80. The number of nitrogen functional groups attached to an aromatic ring is 1. The van der Waals surface area contributed by atoms with Gasteiger partial charge < -0.3 is 10.7 Å². The van der Waals surface area contributed by atoms with Crippen LogP contribution >= 0.6 is 0 Å². The number of hydrogen-bond acceptors (Lipinski definition) is 5. The molecule has 1 atom stereocenters. The van der Waals surface area contributed by atoms with E-state index in [0.29, 0.717) is 24.1 Å². The highest BCUT2D eigenvalue weighted by molar-refractivity contribution is 5.99. The number of carbonyl (C=O) groups is 1. The van der Waals surface area contributed by atoms with Crippen LogP contribution in [0.4, 0.5) is 5.95 Å². The molecule has 3 N–H and O–H groups in total. The van der Waals surface area contributed by atoms with E-state index in [-0.39, 0.29) is 17.6 Å². The van der Waals surface area contributed by atoms with E-state index in [0.717, 1.165) is 11.5 Å². The normalized spacial score (nSPS) is 18.7. The summed E-state index contributed by atoms with van der Waals surface area (Å²) in [5, 5.41) is 0. The fourth-order valence-corrected chi connectivity index (χ4v) is 2.49. The summed E-state index contributed by atoms with van der Waals surface area (Å²) in [6.45, 7) is 1.79. The number of H-pyrrole nitrogens is 1. The second-order valence-electron chi connectivity index (χ2n) is 4.49. The molecule has 3 rings (SSSR count). The number of nitrogens with zero attached hydrogens (tertiary/aromatic N) is 3. The quantitative estimate of drug-likeness (QED) is 0.778. The molecule has 18 heavy (non-hydrogen) atoms. The van der Waals surface area contributed by atoms with Gasteiger partial charge in [0.2, 0.25) is 5.95 Å². The molecule has 2 aromatic heterocycles.